The van der Waals surface area contributed by atoms with E-state index in [0.717, 1.165) is 50.8 Å². The van der Waals surface area contributed by atoms with E-state index >= 15 is 0 Å². The van der Waals surface area contributed by atoms with E-state index < -0.39 is 0 Å². The number of amides is 1. The molecule has 2 aliphatic heterocycles. The monoisotopic (exact) mass is 423 g/mol. The van der Waals surface area contributed by atoms with Gasteiger partial charge in [-0.25, -0.2) is 4.39 Å². The highest BCUT2D eigenvalue weighted by molar-refractivity contribution is 5.80. The Labute approximate surface area is 183 Å². The Balaban J connectivity index is 1.33. The predicted molar refractivity (Wildman–Crippen MR) is 121 cm³/mol. The highest BCUT2D eigenvalue weighted by Crippen LogP contribution is 2.19. The lowest BCUT2D eigenvalue weighted by molar-refractivity contribution is -0.128. The molecule has 6 nitrogen and oxygen atoms in total. The van der Waals surface area contributed by atoms with E-state index in [9.17, 15) is 9.18 Å². The molecule has 0 aliphatic carbocycles. The molecule has 0 bridgehead atoms. The summed E-state index contributed by atoms with van der Waals surface area (Å²) < 4.78 is 13.2. The van der Waals surface area contributed by atoms with E-state index in [0.29, 0.717) is 19.5 Å². The summed E-state index contributed by atoms with van der Waals surface area (Å²) in [5, 5.41) is 3.50. The van der Waals surface area contributed by atoms with Gasteiger partial charge in [0.15, 0.2) is 5.96 Å². The molecule has 7 heteroatoms. The zero-order valence-corrected chi connectivity index (χ0v) is 18.1. The first-order chi connectivity index (χ1) is 15.1. The Morgan fingerprint density at radius 3 is 2.35 bits per heavy atom. The number of rotatable bonds is 5. The second kappa shape index (κ2) is 9.81. The predicted octanol–water partition coefficient (Wildman–Crippen LogP) is 2.85. The number of halogens is 1. The van der Waals surface area contributed by atoms with Crippen LogP contribution in [0.25, 0.3) is 0 Å². The van der Waals surface area contributed by atoms with Crippen molar-refractivity contribution in [2.24, 2.45) is 4.99 Å². The lowest BCUT2D eigenvalue weighted by Crippen LogP contribution is -2.52. The highest BCUT2D eigenvalue weighted by atomic mass is 19.1. The summed E-state index contributed by atoms with van der Waals surface area (Å²) in [5.41, 5.74) is 3.42. The SMILES string of the molecule is CN=C(NCc1ccccc1CN1CCCC1=O)N1CCN(c2ccc(F)cc2)CC1. The normalized spacial score (nSPS) is 17.4. The molecule has 4 rings (SSSR count). The fraction of sp³-hybridized carbons (Fsp3) is 0.417. The van der Waals surface area contributed by atoms with Crippen molar-refractivity contribution in [3.8, 4) is 0 Å². The Hall–Kier alpha value is -3.09. The molecular formula is C24H30FN5O. The first kappa shape index (κ1) is 21.2. The smallest absolute Gasteiger partial charge is 0.222 e. The molecule has 0 spiro atoms. The standard InChI is InChI=1S/C24H30FN5O/c1-26-24(29-15-13-28(14-16-29)22-10-8-21(25)9-11-22)27-17-19-5-2-3-6-20(19)18-30-12-4-7-23(30)31/h2-3,5-6,8-11H,4,7,12-18H2,1H3,(H,26,27). The van der Waals surface area contributed by atoms with Crippen molar-refractivity contribution in [2.45, 2.75) is 25.9 Å². The molecule has 2 aromatic carbocycles. The minimum atomic E-state index is -0.207. The van der Waals surface area contributed by atoms with Gasteiger partial charge in [-0.2, -0.15) is 0 Å². The van der Waals surface area contributed by atoms with Crippen LogP contribution in [0.4, 0.5) is 10.1 Å². The minimum absolute atomic E-state index is 0.207. The number of piperazine rings is 1. The van der Waals surface area contributed by atoms with Crippen LogP contribution >= 0.6 is 0 Å². The third kappa shape index (κ3) is 5.16. The van der Waals surface area contributed by atoms with Gasteiger partial charge in [0.1, 0.15) is 5.82 Å². The minimum Gasteiger partial charge on any atom is -0.368 e. The quantitative estimate of drug-likeness (QED) is 0.594. The van der Waals surface area contributed by atoms with Crippen LogP contribution in [0, 0.1) is 5.82 Å². The average molecular weight is 424 g/mol. The molecule has 0 saturated carbocycles. The maximum atomic E-state index is 13.2. The zero-order chi connectivity index (χ0) is 21.6. The van der Waals surface area contributed by atoms with Gasteiger partial charge in [0.2, 0.25) is 5.91 Å². The van der Waals surface area contributed by atoms with Crippen LogP contribution in [0.1, 0.15) is 24.0 Å². The number of aliphatic imine (C=N–C) groups is 1. The zero-order valence-electron chi connectivity index (χ0n) is 18.1. The molecule has 2 heterocycles. The second-order valence-electron chi connectivity index (χ2n) is 8.04. The molecule has 2 saturated heterocycles. The average Bonchev–Trinajstić information content (AvgIpc) is 3.20. The molecule has 0 radical (unpaired) electrons. The van der Waals surface area contributed by atoms with Crippen molar-refractivity contribution in [1.82, 2.24) is 15.1 Å². The molecule has 2 aromatic rings. The molecule has 0 aromatic heterocycles. The summed E-state index contributed by atoms with van der Waals surface area (Å²) in [7, 11) is 1.81. The maximum Gasteiger partial charge on any atom is 0.222 e. The fourth-order valence-corrected chi connectivity index (χ4v) is 4.30. The molecule has 1 N–H and O–H groups in total. The van der Waals surface area contributed by atoms with E-state index in [1.165, 1.54) is 23.3 Å². The number of hydrogen-bond acceptors (Lipinski definition) is 3. The van der Waals surface area contributed by atoms with Crippen LogP contribution in [0.2, 0.25) is 0 Å². The maximum absolute atomic E-state index is 13.2. The molecule has 0 unspecified atom stereocenters. The summed E-state index contributed by atoms with van der Waals surface area (Å²) >= 11 is 0. The van der Waals surface area contributed by atoms with Crippen LogP contribution in [0.15, 0.2) is 53.5 Å². The van der Waals surface area contributed by atoms with Crippen molar-refractivity contribution in [1.29, 1.82) is 0 Å². The van der Waals surface area contributed by atoms with Crippen molar-refractivity contribution < 1.29 is 9.18 Å². The lowest BCUT2D eigenvalue weighted by atomic mass is 10.1. The van der Waals surface area contributed by atoms with Gasteiger partial charge >= 0.3 is 0 Å². The largest absolute Gasteiger partial charge is 0.368 e. The van der Waals surface area contributed by atoms with E-state index in [2.05, 4.69) is 32.2 Å². The van der Waals surface area contributed by atoms with Gasteiger partial charge < -0.3 is 20.0 Å². The second-order valence-corrected chi connectivity index (χ2v) is 8.04. The molecule has 2 aliphatic rings. The molecule has 2 fully saturated rings. The fourth-order valence-electron chi connectivity index (χ4n) is 4.30. The number of carbonyl (C=O) groups is 1. The van der Waals surface area contributed by atoms with Gasteiger partial charge in [-0.15, -0.1) is 0 Å². The van der Waals surface area contributed by atoms with Gasteiger partial charge in [0.25, 0.3) is 0 Å². The molecular weight excluding hydrogens is 393 g/mol. The van der Waals surface area contributed by atoms with Crippen LogP contribution < -0.4 is 10.2 Å². The Bertz CT molecular complexity index is 922. The molecule has 31 heavy (non-hydrogen) atoms. The first-order valence-corrected chi connectivity index (χ1v) is 10.9. The molecule has 0 atom stereocenters. The lowest BCUT2D eigenvalue weighted by Gasteiger charge is -2.37. The first-order valence-electron chi connectivity index (χ1n) is 10.9. The van der Waals surface area contributed by atoms with E-state index in [1.54, 1.807) is 0 Å². The van der Waals surface area contributed by atoms with Gasteiger partial charge in [0.05, 0.1) is 0 Å². The van der Waals surface area contributed by atoms with Crippen LogP contribution in [0.5, 0.6) is 0 Å². The number of guanidine groups is 1. The van der Waals surface area contributed by atoms with E-state index in [1.807, 2.05) is 36.2 Å². The van der Waals surface area contributed by atoms with E-state index in [-0.39, 0.29) is 11.7 Å². The van der Waals surface area contributed by atoms with Crippen LogP contribution in [-0.2, 0) is 17.9 Å². The van der Waals surface area contributed by atoms with Gasteiger partial charge in [-0.05, 0) is 41.8 Å². The van der Waals surface area contributed by atoms with Crippen molar-refractivity contribution in [3.63, 3.8) is 0 Å². The van der Waals surface area contributed by atoms with Crippen LogP contribution in [-0.4, -0.2) is 61.4 Å². The summed E-state index contributed by atoms with van der Waals surface area (Å²) in [6.45, 7) is 5.61. The molecule has 164 valence electrons. The number of hydrogen-bond donors (Lipinski definition) is 1. The van der Waals surface area contributed by atoms with Crippen molar-refractivity contribution in [3.05, 3.63) is 65.5 Å². The number of nitrogens with zero attached hydrogens (tertiary/aromatic N) is 4. The number of benzene rings is 2. The Morgan fingerprint density at radius 2 is 1.71 bits per heavy atom. The topological polar surface area (TPSA) is 51.2 Å². The third-order valence-corrected chi connectivity index (χ3v) is 6.07. The summed E-state index contributed by atoms with van der Waals surface area (Å²) in [5.74, 6) is 0.921. The van der Waals surface area contributed by atoms with Crippen molar-refractivity contribution in [2.75, 3.05) is 44.7 Å². The van der Waals surface area contributed by atoms with Gasteiger partial charge in [-0.3, -0.25) is 9.79 Å². The summed E-state index contributed by atoms with van der Waals surface area (Å²) in [6.07, 6.45) is 1.62. The number of nitrogens with one attached hydrogen (secondary N) is 1. The Morgan fingerprint density at radius 1 is 1.00 bits per heavy atom. The number of anilines is 1. The summed E-state index contributed by atoms with van der Waals surface area (Å²) in [4.78, 5) is 23.0. The van der Waals surface area contributed by atoms with E-state index in [4.69, 9.17) is 0 Å². The Kier molecular flexibility index (Phi) is 6.70. The highest BCUT2D eigenvalue weighted by Gasteiger charge is 2.22. The molecule has 1 amide bonds. The van der Waals surface area contributed by atoms with Gasteiger partial charge in [0, 0.05) is 65.0 Å². The number of carbonyl (C=O) groups excluding carboxylic acids is 1. The third-order valence-electron chi connectivity index (χ3n) is 6.07. The van der Waals surface area contributed by atoms with Crippen LogP contribution in [0.3, 0.4) is 0 Å². The van der Waals surface area contributed by atoms with Gasteiger partial charge in [-0.1, -0.05) is 24.3 Å². The summed E-state index contributed by atoms with van der Waals surface area (Å²) in [6, 6.07) is 15.0. The van der Waals surface area contributed by atoms with Crippen molar-refractivity contribution >= 4 is 17.6 Å². The number of likely N-dealkylation sites (tertiary alicyclic amines) is 1.